The Balaban J connectivity index is 1.96. The van der Waals surface area contributed by atoms with Gasteiger partial charge in [0.2, 0.25) is 0 Å². The lowest BCUT2D eigenvalue weighted by Gasteiger charge is -2.32. The van der Waals surface area contributed by atoms with Crippen LogP contribution >= 0.6 is 11.3 Å². The van der Waals surface area contributed by atoms with Crippen LogP contribution < -0.4 is 0 Å². The average molecular weight is 252 g/mol. The van der Waals surface area contributed by atoms with E-state index < -0.39 is 0 Å². The van der Waals surface area contributed by atoms with Gasteiger partial charge in [-0.25, -0.2) is 0 Å². The molecule has 96 valence electrons. The molecule has 2 heteroatoms. The minimum atomic E-state index is -0.0648. The number of aryl methyl sites for hydroxylation is 1. The summed E-state index contributed by atoms with van der Waals surface area (Å²) >= 11 is 1.93. The zero-order chi connectivity index (χ0) is 12.3. The molecule has 0 aromatic carbocycles. The fourth-order valence-corrected chi connectivity index (χ4v) is 3.97. The van der Waals surface area contributed by atoms with Crippen molar-refractivity contribution in [3.63, 3.8) is 0 Å². The lowest BCUT2D eigenvalue weighted by atomic mass is 9.77. The summed E-state index contributed by atoms with van der Waals surface area (Å²) in [5.74, 6) is 1.34. The van der Waals surface area contributed by atoms with Crippen LogP contribution in [0, 0.1) is 11.8 Å². The molecule has 1 fully saturated rings. The van der Waals surface area contributed by atoms with Gasteiger partial charge in [0.15, 0.2) is 0 Å². The number of hydrogen-bond acceptors (Lipinski definition) is 2. The third kappa shape index (κ3) is 3.32. The summed E-state index contributed by atoms with van der Waals surface area (Å²) < 4.78 is 0. The van der Waals surface area contributed by atoms with E-state index in [1.54, 1.807) is 0 Å². The Morgan fingerprint density at radius 2 is 2.00 bits per heavy atom. The third-order valence-corrected chi connectivity index (χ3v) is 5.41. The van der Waals surface area contributed by atoms with Crippen molar-refractivity contribution in [2.24, 2.45) is 11.8 Å². The van der Waals surface area contributed by atoms with Gasteiger partial charge in [-0.2, -0.15) is 0 Å². The second kappa shape index (κ2) is 6.01. The van der Waals surface area contributed by atoms with Crippen molar-refractivity contribution >= 4 is 11.3 Å². The third-order valence-electron chi connectivity index (χ3n) is 4.16. The van der Waals surface area contributed by atoms with E-state index in [1.165, 1.54) is 29.0 Å². The summed E-state index contributed by atoms with van der Waals surface area (Å²) in [6, 6.07) is 4.50. The molecule has 3 atom stereocenters. The van der Waals surface area contributed by atoms with Gasteiger partial charge in [-0.1, -0.05) is 20.3 Å². The molecule has 0 aliphatic heterocycles. The van der Waals surface area contributed by atoms with Crippen LogP contribution in [0.3, 0.4) is 0 Å². The Bertz CT molecular complexity index is 344. The molecule has 1 saturated carbocycles. The van der Waals surface area contributed by atoms with Gasteiger partial charge >= 0.3 is 0 Å². The van der Waals surface area contributed by atoms with E-state index in [0.29, 0.717) is 5.92 Å². The predicted molar refractivity (Wildman–Crippen MR) is 74.5 cm³/mol. The van der Waals surface area contributed by atoms with Crippen molar-refractivity contribution < 1.29 is 5.11 Å². The summed E-state index contributed by atoms with van der Waals surface area (Å²) in [6.45, 7) is 4.48. The number of aliphatic hydroxyl groups excluding tert-OH is 1. The molecule has 0 amide bonds. The van der Waals surface area contributed by atoms with Crippen LogP contribution in [0.5, 0.6) is 0 Å². The normalized spacial score (nSPS) is 29.5. The number of rotatable bonds is 4. The molecule has 2 rings (SSSR count). The largest absolute Gasteiger partial charge is 0.393 e. The SMILES string of the molecule is CCc1ccc(CC2CC(CC)CCC2O)s1. The van der Waals surface area contributed by atoms with Gasteiger partial charge in [-0.15, -0.1) is 11.3 Å². The number of hydrogen-bond donors (Lipinski definition) is 1. The fourth-order valence-electron chi connectivity index (χ4n) is 2.92. The molecule has 0 bridgehead atoms. The fraction of sp³-hybridized carbons (Fsp3) is 0.733. The van der Waals surface area contributed by atoms with Crippen LogP contribution in [-0.2, 0) is 12.8 Å². The van der Waals surface area contributed by atoms with Crippen LogP contribution in [0.4, 0.5) is 0 Å². The van der Waals surface area contributed by atoms with Crippen LogP contribution in [0.2, 0.25) is 0 Å². The maximum absolute atomic E-state index is 10.1. The minimum Gasteiger partial charge on any atom is -0.393 e. The van der Waals surface area contributed by atoms with E-state index in [4.69, 9.17) is 0 Å². The van der Waals surface area contributed by atoms with Gasteiger partial charge in [0, 0.05) is 9.75 Å². The zero-order valence-corrected chi connectivity index (χ0v) is 11.8. The Labute approximate surface area is 109 Å². The van der Waals surface area contributed by atoms with Gasteiger partial charge in [0.25, 0.3) is 0 Å². The highest BCUT2D eigenvalue weighted by molar-refractivity contribution is 7.11. The number of aliphatic hydroxyl groups is 1. The lowest BCUT2D eigenvalue weighted by molar-refractivity contribution is 0.0479. The standard InChI is InChI=1S/C15H24OS/c1-3-11-5-8-15(16)12(9-11)10-14-7-6-13(4-2)17-14/h6-7,11-12,15-16H,3-5,8-10H2,1-2H3. The van der Waals surface area contributed by atoms with E-state index in [-0.39, 0.29) is 6.10 Å². The molecule has 3 unspecified atom stereocenters. The van der Waals surface area contributed by atoms with E-state index in [9.17, 15) is 5.11 Å². The Morgan fingerprint density at radius 3 is 2.65 bits per heavy atom. The maximum atomic E-state index is 10.1. The average Bonchev–Trinajstić information content (AvgIpc) is 2.80. The molecule has 1 heterocycles. The van der Waals surface area contributed by atoms with Gasteiger partial charge in [0.1, 0.15) is 0 Å². The van der Waals surface area contributed by atoms with Crippen molar-refractivity contribution in [3.05, 3.63) is 21.9 Å². The highest BCUT2D eigenvalue weighted by atomic mass is 32.1. The molecular formula is C15H24OS. The molecule has 0 radical (unpaired) electrons. The molecule has 0 spiro atoms. The van der Waals surface area contributed by atoms with Crippen LogP contribution in [0.25, 0.3) is 0 Å². The summed E-state index contributed by atoms with van der Waals surface area (Å²) in [5, 5.41) is 10.1. The first-order valence-electron chi connectivity index (χ1n) is 6.98. The molecule has 0 saturated heterocycles. The molecule has 1 aromatic heterocycles. The van der Waals surface area contributed by atoms with E-state index >= 15 is 0 Å². The molecule has 1 aliphatic rings. The van der Waals surface area contributed by atoms with E-state index in [2.05, 4.69) is 26.0 Å². The Morgan fingerprint density at radius 1 is 1.24 bits per heavy atom. The Kier molecular flexibility index (Phi) is 4.63. The first-order valence-corrected chi connectivity index (χ1v) is 7.80. The van der Waals surface area contributed by atoms with E-state index in [1.807, 2.05) is 11.3 Å². The van der Waals surface area contributed by atoms with Crippen molar-refractivity contribution in [1.29, 1.82) is 0 Å². The first kappa shape index (κ1) is 13.1. The molecule has 17 heavy (non-hydrogen) atoms. The lowest BCUT2D eigenvalue weighted by Crippen LogP contribution is -2.30. The second-order valence-corrected chi connectivity index (χ2v) is 6.59. The van der Waals surface area contributed by atoms with Crippen LogP contribution in [0.15, 0.2) is 12.1 Å². The molecule has 1 N–H and O–H groups in total. The summed E-state index contributed by atoms with van der Waals surface area (Å²) in [5.41, 5.74) is 0. The zero-order valence-electron chi connectivity index (χ0n) is 11.0. The minimum absolute atomic E-state index is 0.0648. The van der Waals surface area contributed by atoms with Gasteiger partial charge in [0.05, 0.1) is 6.10 Å². The molecule has 1 aliphatic carbocycles. The van der Waals surface area contributed by atoms with Gasteiger partial charge < -0.3 is 5.11 Å². The van der Waals surface area contributed by atoms with Crippen LogP contribution in [0.1, 0.15) is 49.3 Å². The van der Waals surface area contributed by atoms with Crippen molar-refractivity contribution in [3.8, 4) is 0 Å². The molecular weight excluding hydrogens is 228 g/mol. The summed E-state index contributed by atoms with van der Waals surface area (Å²) in [6.07, 6.45) is 6.88. The summed E-state index contributed by atoms with van der Waals surface area (Å²) in [7, 11) is 0. The highest BCUT2D eigenvalue weighted by Gasteiger charge is 2.28. The smallest absolute Gasteiger partial charge is 0.0572 e. The van der Waals surface area contributed by atoms with Crippen molar-refractivity contribution in [1.82, 2.24) is 0 Å². The van der Waals surface area contributed by atoms with Gasteiger partial charge in [-0.05, 0) is 56.1 Å². The number of thiophene rings is 1. The predicted octanol–water partition coefficient (Wildman–Crippen LogP) is 4.04. The quantitative estimate of drug-likeness (QED) is 0.857. The van der Waals surface area contributed by atoms with Crippen LogP contribution in [-0.4, -0.2) is 11.2 Å². The molecule has 1 aromatic rings. The van der Waals surface area contributed by atoms with Crippen molar-refractivity contribution in [2.75, 3.05) is 0 Å². The summed E-state index contributed by atoms with van der Waals surface area (Å²) in [4.78, 5) is 2.93. The highest BCUT2D eigenvalue weighted by Crippen LogP contribution is 2.34. The second-order valence-electron chi connectivity index (χ2n) is 5.34. The maximum Gasteiger partial charge on any atom is 0.0572 e. The van der Waals surface area contributed by atoms with Crippen molar-refractivity contribution in [2.45, 2.75) is 58.5 Å². The van der Waals surface area contributed by atoms with E-state index in [0.717, 1.165) is 25.2 Å². The monoisotopic (exact) mass is 252 g/mol. The first-order chi connectivity index (χ1) is 8.22. The Hall–Kier alpha value is -0.340. The topological polar surface area (TPSA) is 20.2 Å². The molecule has 1 nitrogen and oxygen atoms in total. The van der Waals surface area contributed by atoms with Gasteiger partial charge in [-0.3, -0.25) is 0 Å².